The maximum Gasteiger partial charge on any atom is -0.0352 e. The molecular weight excluding hydrogens is 120 g/mol. The zero-order valence-electron chi connectivity index (χ0n) is 7.27. The molecule has 10 heavy (non-hydrogen) atoms. The molecule has 0 aromatic heterocycles. The second kappa shape index (κ2) is 4.00. The summed E-state index contributed by atoms with van der Waals surface area (Å²) in [5, 5.41) is 0. The molecule has 0 bridgehead atoms. The first-order chi connectivity index (χ1) is 4.83. The topological polar surface area (TPSA) is 0 Å². The highest BCUT2D eigenvalue weighted by Crippen LogP contribution is 2.29. The molecule has 2 atom stereocenters. The van der Waals surface area contributed by atoms with Crippen molar-refractivity contribution in [1.82, 2.24) is 0 Å². The van der Waals surface area contributed by atoms with E-state index < -0.39 is 0 Å². The Balaban J connectivity index is 2.13. The summed E-state index contributed by atoms with van der Waals surface area (Å²) in [6, 6.07) is 0. The Bertz CT molecular complexity index is 78.0. The SMILES string of the molecule is CCCC1[CH]CC(C)CC1. The summed E-state index contributed by atoms with van der Waals surface area (Å²) in [5.41, 5.74) is 0. The third-order valence-electron chi connectivity index (χ3n) is 2.56. The molecule has 59 valence electrons. The lowest BCUT2D eigenvalue weighted by atomic mass is 9.81. The Labute approximate surface area is 65.0 Å². The van der Waals surface area contributed by atoms with Crippen LogP contribution in [0.3, 0.4) is 0 Å². The van der Waals surface area contributed by atoms with Crippen molar-refractivity contribution in [3.63, 3.8) is 0 Å². The molecule has 0 amide bonds. The number of hydrogen-bond donors (Lipinski definition) is 0. The number of hydrogen-bond acceptors (Lipinski definition) is 0. The van der Waals surface area contributed by atoms with Gasteiger partial charge in [-0.05, 0) is 31.1 Å². The van der Waals surface area contributed by atoms with Gasteiger partial charge in [0.05, 0.1) is 0 Å². The van der Waals surface area contributed by atoms with Crippen LogP contribution in [0.4, 0.5) is 0 Å². The molecule has 0 aromatic rings. The first-order valence-corrected chi connectivity index (χ1v) is 4.66. The van der Waals surface area contributed by atoms with Crippen LogP contribution < -0.4 is 0 Å². The smallest absolute Gasteiger partial charge is 0.0352 e. The summed E-state index contributed by atoms with van der Waals surface area (Å²) in [6.45, 7) is 4.64. The van der Waals surface area contributed by atoms with Crippen molar-refractivity contribution >= 4 is 0 Å². The van der Waals surface area contributed by atoms with Crippen molar-refractivity contribution in [2.45, 2.75) is 46.0 Å². The third-order valence-corrected chi connectivity index (χ3v) is 2.56. The van der Waals surface area contributed by atoms with Gasteiger partial charge in [0.25, 0.3) is 0 Å². The largest absolute Gasteiger partial charge is 0.0654 e. The van der Waals surface area contributed by atoms with Gasteiger partial charge in [0, 0.05) is 0 Å². The van der Waals surface area contributed by atoms with E-state index in [4.69, 9.17) is 0 Å². The molecule has 0 spiro atoms. The lowest BCUT2D eigenvalue weighted by molar-refractivity contribution is 0.347. The fourth-order valence-corrected chi connectivity index (χ4v) is 1.79. The fraction of sp³-hybridized carbons (Fsp3) is 0.900. The van der Waals surface area contributed by atoms with Crippen molar-refractivity contribution in [3.8, 4) is 0 Å². The minimum absolute atomic E-state index is 0.959. The summed E-state index contributed by atoms with van der Waals surface area (Å²) in [7, 11) is 0. The first kappa shape index (κ1) is 8.10. The van der Waals surface area contributed by atoms with Crippen LogP contribution in [0.2, 0.25) is 0 Å². The summed E-state index contributed by atoms with van der Waals surface area (Å²) in [5.74, 6) is 1.93. The van der Waals surface area contributed by atoms with Crippen molar-refractivity contribution in [2.75, 3.05) is 0 Å². The van der Waals surface area contributed by atoms with Gasteiger partial charge in [-0.15, -0.1) is 0 Å². The van der Waals surface area contributed by atoms with E-state index >= 15 is 0 Å². The molecule has 0 aliphatic heterocycles. The van der Waals surface area contributed by atoms with Gasteiger partial charge in [0.1, 0.15) is 0 Å². The van der Waals surface area contributed by atoms with Crippen LogP contribution in [0.5, 0.6) is 0 Å². The van der Waals surface area contributed by atoms with Gasteiger partial charge in [-0.2, -0.15) is 0 Å². The summed E-state index contributed by atoms with van der Waals surface area (Å²) < 4.78 is 0. The Morgan fingerprint density at radius 3 is 2.70 bits per heavy atom. The van der Waals surface area contributed by atoms with Gasteiger partial charge in [-0.25, -0.2) is 0 Å². The monoisotopic (exact) mass is 139 g/mol. The number of rotatable bonds is 2. The van der Waals surface area contributed by atoms with Crippen LogP contribution in [0.1, 0.15) is 46.0 Å². The molecule has 0 aromatic carbocycles. The Morgan fingerprint density at radius 2 is 2.20 bits per heavy atom. The molecule has 1 aliphatic carbocycles. The molecule has 0 heterocycles. The highest BCUT2D eigenvalue weighted by molar-refractivity contribution is 4.83. The lowest BCUT2D eigenvalue weighted by Crippen LogP contribution is -2.12. The molecule has 2 unspecified atom stereocenters. The average molecular weight is 139 g/mol. The summed E-state index contributed by atoms with van der Waals surface area (Å²) >= 11 is 0. The standard InChI is InChI=1S/C10H19/c1-3-4-10-7-5-9(2)6-8-10/h7,9-10H,3-6,8H2,1-2H3. The molecule has 1 saturated carbocycles. The normalized spacial score (nSPS) is 34.2. The molecule has 1 radical (unpaired) electrons. The van der Waals surface area contributed by atoms with Crippen LogP contribution in [-0.2, 0) is 0 Å². The van der Waals surface area contributed by atoms with Gasteiger partial charge >= 0.3 is 0 Å². The molecule has 1 fully saturated rings. The lowest BCUT2D eigenvalue weighted by Gasteiger charge is -2.25. The second-order valence-corrected chi connectivity index (χ2v) is 3.70. The minimum atomic E-state index is 0.959. The van der Waals surface area contributed by atoms with Crippen molar-refractivity contribution < 1.29 is 0 Å². The van der Waals surface area contributed by atoms with Crippen molar-refractivity contribution in [2.24, 2.45) is 11.8 Å². The molecule has 0 nitrogen and oxygen atoms in total. The maximum absolute atomic E-state index is 2.54. The van der Waals surface area contributed by atoms with Crippen LogP contribution in [0.15, 0.2) is 0 Å². The second-order valence-electron chi connectivity index (χ2n) is 3.70. The van der Waals surface area contributed by atoms with E-state index in [9.17, 15) is 0 Å². The van der Waals surface area contributed by atoms with Crippen LogP contribution >= 0.6 is 0 Å². The van der Waals surface area contributed by atoms with Gasteiger partial charge in [0.2, 0.25) is 0 Å². The third kappa shape index (κ3) is 2.32. The average Bonchev–Trinajstić information content (AvgIpc) is 1.95. The van der Waals surface area contributed by atoms with Crippen LogP contribution in [0, 0.1) is 18.3 Å². The molecule has 0 heteroatoms. The molecule has 1 rings (SSSR count). The quantitative estimate of drug-likeness (QED) is 0.550. The van der Waals surface area contributed by atoms with Crippen LogP contribution in [-0.4, -0.2) is 0 Å². The highest BCUT2D eigenvalue weighted by Gasteiger charge is 2.16. The van der Waals surface area contributed by atoms with E-state index in [1.165, 1.54) is 32.1 Å². The van der Waals surface area contributed by atoms with Gasteiger partial charge in [-0.3, -0.25) is 0 Å². The van der Waals surface area contributed by atoms with Crippen LogP contribution in [0.25, 0.3) is 0 Å². The zero-order valence-corrected chi connectivity index (χ0v) is 7.27. The first-order valence-electron chi connectivity index (χ1n) is 4.66. The van der Waals surface area contributed by atoms with E-state index in [1.807, 2.05) is 0 Å². The van der Waals surface area contributed by atoms with Crippen molar-refractivity contribution in [3.05, 3.63) is 6.42 Å². The fourth-order valence-electron chi connectivity index (χ4n) is 1.79. The van der Waals surface area contributed by atoms with E-state index in [-0.39, 0.29) is 0 Å². The van der Waals surface area contributed by atoms with Gasteiger partial charge in [-0.1, -0.05) is 33.1 Å². The Kier molecular flexibility index (Phi) is 3.24. The minimum Gasteiger partial charge on any atom is -0.0654 e. The van der Waals surface area contributed by atoms with E-state index in [1.54, 1.807) is 0 Å². The van der Waals surface area contributed by atoms with E-state index in [0.29, 0.717) is 0 Å². The summed E-state index contributed by atoms with van der Waals surface area (Å²) in [6.07, 6.45) is 9.60. The van der Waals surface area contributed by atoms with E-state index in [2.05, 4.69) is 20.3 Å². The summed E-state index contributed by atoms with van der Waals surface area (Å²) in [4.78, 5) is 0. The zero-order chi connectivity index (χ0) is 7.40. The Hall–Kier alpha value is 0. The molecular formula is C10H19. The predicted octanol–water partition coefficient (Wildman–Crippen LogP) is 3.43. The van der Waals surface area contributed by atoms with Gasteiger partial charge in [0.15, 0.2) is 0 Å². The van der Waals surface area contributed by atoms with Gasteiger partial charge < -0.3 is 0 Å². The highest BCUT2D eigenvalue weighted by atomic mass is 14.2. The predicted molar refractivity (Wildman–Crippen MR) is 45.7 cm³/mol. The molecule has 0 saturated heterocycles. The molecule has 1 aliphatic rings. The maximum atomic E-state index is 2.54. The molecule has 0 N–H and O–H groups in total. The Morgan fingerprint density at radius 1 is 1.40 bits per heavy atom. The van der Waals surface area contributed by atoms with E-state index in [0.717, 1.165) is 11.8 Å². The van der Waals surface area contributed by atoms with Crippen molar-refractivity contribution in [1.29, 1.82) is 0 Å².